The highest BCUT2D eigenvalue weighted by atomic mass is 32.1. The number of morpholine rings is 1. The lowest BCUT2D eigenvalue weighted by molar-refractivity contribution is 0.00384. The zero-order valence-electron chi connectivity index (χ0n) is 16.7. The second-order valence-corrected chi connectivity index (χ2v) is 8.68. The summed E-state index contributed by atoms with van der Waals surface area (Å²) in [6, 6.07) is 8.59. The van der Waals surface area contributed by atoms with Crippen LogP contribution in [0.5, 0.6) is 0 Å². The first-order valence-electron chi connectivity index (χ1n) is 9.73. The van der Waals surface area contributed by atoms with E-state index < -0.39 is 0 Å². The number of carbonyl (C=O) groups excluding carboxylic acids is 1. The number of thiophene rings is 1. The first kappa shape index (κ1) is 18.3. The SMILES string of the molecule is Cc1c(C(=O)N2CCOC[C@@H]2C)sc2cc(-c3cnc4nn(C)cc4c3)ccc12. The highest BCUT2D eigenvalue weighted by Crippen LogP contribution is 2.35. The normalized spacial score (nSPS) is 17.3. The van der Waals surface area contributed by atoms with Crippen molar-refractivity contribution in [1.29, 1.82) is 0 Å². The Morgan fingerprint density at radius 3 is 2.97 bits per heavy atom. The van der Waals surface area contributed by atoms with Gasteiger partial charge in [0.25, 0.3) is 5.91 Å². The van der Waals surface area contributed by atoms with Crippen molar-refractivity contribution in [3.63, 3.8) is 0 Å². The molecule has 0 spiro atoms. The van der Waals surface area contributed by atoms with Gasteiger partial charge in [-0.25, -0.2) is 4.98 Å². The van der Waals surface area contributed by atoms with Crippen molar-refractivity contribution in [2.24, 2.45) is 7.05 Å². The van der Waals surface area contributed by atoms with Crippen LogP contribution in [-0.4, -0.2) is 51.4 Å². The zero-order valence-corrected chi connectivity index (χ0v) is 17.5. The van der Waals surface area contributed by atoms with Gasteiger partial charge in [-0.1, -0.05) is 12.1 Å². The van der Waals surface area contributed by atoms with Crippen LogP contribution in [0.3, 0.4) is 0 Å². The second kappa shape index (κ2) is 6.93. The Hall–Kier alpha value is -2.77. The highest BCUT2D eigenvalue weighted by Gasteiger charge is 2.27. The summed E-state index contributed by atoms with van der Waals surface area (Å²) in [6.45, 7) is 5.94. The maximum atomic E-state index is 13.2. The van der Waals surface area contributed by atoms with Gasteiger partial charge in [0.15, 0.2) is 5.65 Å². The van der Waals surface area contributed by atoms with Crippen LogP contribution in [0.15, 0.2) is 36.7 Å². The minimum Gasteiger partial charge on any atom is -0.377 e. The summed E-state index contributed by atoms with van der Waals surface area (Å²) in [5.74, 6) is 0.111. The van der Waals surface area contributed by atoms with Crippen molar-refractivity contribution in [2.75, 3.05) is 19.8 Å². The van der Waals surface area contributed by atoms with E-state index in [1.54, 1.807) is 16.0 Å². The molecule has 0 N–H and O–H groups in total. The van der Waals surface area contributed by atoms with Crippen LogP contribution in [-0.2, 0) is 11.8 Å². The lowest BCUT2D eigenvalue weighted by atomic mass is 10.0. The number of aromatic nitrogens is 3. The van der Waals surface area contributed by atoms with Crippen LogP contribution in [0.2, 0.25) is 0 Å². The number of ether oxygens (including phenoxy) is 1. The third kappa shape index (κ3) is 3.10. The third-order valence-corrected chi connectivity index (χ3v) is 6.81. The van der Waals surface area contributed by atoms with Gasteiger partial charge in [-0.05, 0) is 42.5 Å². The summed E-state index contributed by atoms with van der Waals surface area (Å²) in [4.78, 5) is 20.4. The molecule has 0 aliphatic carbocycles. The van der Waals surface area contributed by atoms with E-state index >= 15 is 0 Å². The molecule has 29 heavy (non-hydrogen) atoms. The Labute approximate surface area is 172 Å². The Balaban J connectivity index is 1.54. The van der Waals surface area contributed by atoms with Gasteiger partial charge >= 0.3 is 0 Å². The molecular weight excluding hydrogens is 384 g/mol. The van der Waals surface area contributed by atoms with Gasteiger partial charge in [-0.2, -0.15) is 5.10 Å². The number of aryl methyl sites for hydroxylation is 2. The number of hydrogen-bond acceptors (Lipinski definition) is 5. The first-order valence-corrected chi connectivity index (χ1v) is 10.5. The molecule has 0 radical (unpaired) electrons. The number of rotatable bonds is 2. The van der Waals surface area contributed by atoms with Crippen molar-refractivity contribution >= 4 is 38.4 Å². The minimum atomic E-state index is 0.105. The quantitative estimate of drug-likeness (QED) is 0.504. The van der Waals surface area contributed by atoms with Crippen molar-refractivity contribution in [1.82, 2.24) is 19.7 Å². The molecule has 1 atom stereocenters. The second-order valence-electron chi connectivity index (χ2n) is 7.63. The number of pyridine rings is 1. The van der Waals surface area contributed by atoms with E-state index in [9.17, 15) is 4.79 Å². The summed E-state index contributed by atoms with van der Waals surface area (Å²) in [5.41, 5.74) is 3.95. The van der Waals surface area contributed by atoms with Crippen molar-refractivity contribution in [3.05, 3.63) is 47.1 Å². The van der Waals surface area contributed by atoms with Gasteiger partial charge < -0.3 is 9.64 Å². The average Bonchev–Trinajstić information content (AvgIpc) is 3.25. The van der Waals surface area contributed by atoms with E-state index in [0.29, 0.717) is 19.8 Å². The van der Waals surface area contributed by atoms with E-state index in [1.165, 1.54) is 0 Å². The Bertz CT molecular complexity index is 1240. The summed E-state index contributed by atoms with van der Waals surface area (Å²) in [7, 11) is 1.90. The van der Waals surface area contributed by atoms with E-state index in [-0.39, 0.29) is 11.9 Å². The molecule has 4 aromatic rings. The van der Waals surface area contributed by atoms with Crippen LogP contribution in [0.4, 0.5) is 0 Å². The molecule has 4 heterocycles. The standard InChI is InChI=1S/C22H22N4O2S/c1-13-12-28-7-6-26(13)22(27)20-14(2)18-5-4-15(9-19(18)29-20)16-8-17-11-25(3)24-21(17)23-10-16/h4-5,8-11,13H,6-7,12H2,1-3H3/t13-/m0/s1. The molecular formula is C22H22N4O2S. The monoisotopic (exact) mass is 406 g/mol. The summed E-state index contributed by atoms with van der Waals surface area (Å²) >= 11 is 1.58. The van der Waals surface area contributed by atoms with Crippen LogP contribution >= 0.6 is 11.3 Å². The fourth-order valence-electron chi connectivity index (χ4n) is 3.96. The Morgan fingerprint density at radius 2 is 2.14 bits per heavy atom. The number of carbonyl (C=O) groups is 1. The fraction of sp³-hybridized carbons (Fsp3) is 0.318. The van der Waals surface area contributed by atoms with Crippen LogP contribution in [0.25, 0.3) is 32.2 Å². The lowest BCUT2D eigenvalue weighted by Crippen LogP contribution is -2.47. The van der Waals surface area contributed by atoms with Gasteiger partial charge in [-0.15, -0.1) is 11.3 Å². The van der Waals surface area contributed by atoms with Crippen molar-refractivity contribution < 1.29 is 9.53 Å². The third-order valence-electron chi connectivity index (χ3n) is 5.57. The maximum Gasteiger partial charge on any atom is 0.264 e. The number of benzene rings is 1. The molecule has 1 aliphatic rings. The molecule has 3 aromatic heterocycles. The summed E-state index contributed by atoms with van der Waals surface area (Å²) < 4.78 is 8.38. The molecule has 148 valence electrons. The highest BCUT2D eigenvalue weighted by molar-refractivity contribution is 7.21. The maximum absolute atomic E-state index is 13.2. The van der Waals surface area contributed by atoms with Crippen LogP contribution in [0, 0.1) is 6.92 Å². The summed E-state index contributed by atoms with van der Waals surface area (Å²) in [6.07, 6.45) is 3.83. The number of nitrogens with zero attached hydrogens (tertiary/aromatic N) is 4. The molecule has 0 unspecified atom stereocenters. The molecule has 6 nitrogen and oxygen atoms in total. The van der Waals surface area contributed by atoms with Crippen LogP contribution in [0.1, 0.15) is 22.2 Å². The molecule has 1 aliphatic heterocycles. The predicted molar refractivity (Wildman–Crippen MR) is 115 cm³/mol. The van der Waals surface area contributed by atoms with Crippen molar-refractivity contribution in [3.8, 4) is 11.1 Å². The fourth-order valence-corrected chi connectivity index (χ4v) is 5.16. The van der Waals surface area contributed by atoms with Crippen LogP contribution < -0.4 is 0 Å². The molecule has 1 fully saturated rings. The molecule has 1 saturated heterocycles. The number of amides is 1. The van der Waals surface area contributed by atoms with Gasteiger partial charge in [0.1, 0.15) is 0 Å². The molecule has 1 aromatic carbocycles. The lowest BCUT2D eigenvalue weighted by Gasteiger charge is -2.33. The topological polar surface area (TPSA) is 60.3 Å². The Kier molecular flexibility index (Phi) is 4.37. The molecule has 0 saturated carbocycles. The van der Waals surface area contributed by atoms with E-state index in [2.05, 4.69) is 34.3 Å². The number of hydrogen-bond donors (Lipinski definition) is 0. The summed E-state index contributed by atoms with van der Waals surface area (Å²) in [5, 5.41) is 6.49. The smallest absolute Gasteiger partial charge is 0.264 e. The van der Waals surface area contributed by atoms with Crippen molar-refractivity contribution in [2.45, 2.75) is 19.9 Å². The van der Waals surface area contributed by atoms with E-state index in [1.807, 2.05) is 38.2 Å². The van der Waals surface area contributed by atoms with Gasteiger partial charge in [0, 0.05) is 41.6 Å². The largest absolute Gasteiger partial charge is 0.377 e. The zero-order chi connectivity index (χ0) is 20.1. The van der Waals surface area contributed by atoms with E-state index in [4.69, 9.17) is 4.74 Å². The number of fused-ring (bicyclic) bond motifs is 2. The van der Waals surface area contributed by atoms with Gasteiger partial charge in [0.2, 0.25) is 0 Å². The molecule has 1 amide bonds. The van der Waals surface area contributed by atoms with Gasteiger partial charge in [-0.3, -0.25) is 9.48 Å². The van der Waals surface area contributed by atoms with Gasteiger partial charge in [0.05, 0.1) is 24.1 Å². The first-order chi connectivity index (χ1) is 14.0. The molecule has 5 rings (SSSR count). The predicted octanol–water partition coefficient (Wildman–Crippen LogP) is 4.02. The Morgan fingerprint density at radius 1 is 1.28 bits per heavy atom. The average molecular weight is 407 g/mol. The molecule has 7 heteroatoms. The minimum absolute atomic E-state index is 0.105. The van der Waals surface area contributed by atoms with E-state index in [0.717, 1.165) is 42.7 Å². The molecule has 0 bridgehead atoms.